The number of Topliss-reactive ketones (excluding diaryl/α,β-unsaturated/α-hetero) is 1. The van der Waals surface area contributed by atoms with Crippen LogP contribution in [0, 0.1) is 23.7 Å². The standard InChI is InChI=1S/C48H52NO9P/c1-55-45(51)21-20-44(49-47(53)57-29-42-40-18-10-8-16-38(40)39-17-9-11-19-41(39)42)59(54,58-48-26-33-22-34(27-48)24-35(23-33)28-48)31-37(25-32-12-4-2-5-13-32)46(52)56-30-43(50)36-14-6-3-7-15-36/h2-19,33-35,37,42,44H,20-31H2,1H3,(H,49,53). The Morgan fingerprint density at radius 3 is 1.90 bits per heavy atom. The van der Waals surface area contributed by atoms with E-state index in [-0.39, 0.29) is 43.7 Å². The molecule has 4 saturated carbocycles. The number of hydrogen-bond donors (Lipinski definition) is 1. The molecule has 5 aliphatic carbocycles. The van der Waals surface area contributed by atoms with Crippen molar-refractivity contribution < 1.29 is 42.5 Å². The first-order valence-corrected chi connectivity index (χ1v) is 22.7. The maximum absolute atomic E-state index is 16.2. The van der Waals surface area contributed by atoms with Gasteiger partial charge >= 0.3 is 18.0 Å². The zero-order valence-corrected chi connectivity index (χ0v) is 34.4. The number of fused-ring (bicyclic) bond motifs is 3. The molecule has 3 atom stereocenters. The number of amides is 1. The van der Waals surface area contributed by atoms with Gasteiger partial charge in [-0.15, -0.1) is 0 Å². The molecule has 0 radical (unpaired) electrons. The summed E-state index contributed by atoms with van der Waals surface area (Å²) in [6.45, 7) is -0.458. The van der Waals surface area contributed by atoms with Crippen LogP contribution in [0.25, 0.3) is 11.1 Å². The molecule has 0 saturated heterocycles. The molecule has 308 valence electrons. The van der Waals surface area contributed by atoms with Crippen LogP contribution in [-0.4, -0.2) is 61.7 Å². The van der Waals surface area contributed by atoms with Gasteiger partial charge in [0.25, 0.3) is 0 Å². The van der Waals surface area contributed by atoms with Gasteiger partial charge in [0.15, 0.2) is 12.4 Å². The second-order valence-electron chi connectivity index (χ2n) is 17.0. The lowest BCUT2D eigenvalue weighted by Gasteiger charge is -2.57. The highest BCUT2D eigenvalue weighted by Gasteiger charge is 2.56. The van der Waals surface area contributed by atoms with Crippen LogP contribution in [0.1, 0.15) is 84.3 Å². The van der Waals surface area contributed by atoms with Crippen molar-refractivity contribution in [2.45, 2.75) is 75.1 Å². The SMILES string of the molecule is COC(=O)CCC(NC(=O)OCC1c2ccccc2-c2ccccc21)P(=O)(CC(Cc1ccccc1)C(=O)OCC(=O)c1ccccc1)OC12CC3CC(CC(C3)C1)C2. The molecule has 1 amide bonds. The number of nitrogens with one attached hydrogen (secondary N) is 1. The zero-order chi connectivity index (χ0) is 41.0. The van der Waals surface area contributed by atoms with Gasteiger partial charge in [0, 0.05) is 24.1 Å². The molecule has 10 nitrogen and oxygen atoms in total. The summed E-state index contributed by atoms with van der Waals surface area (Å²) < 4.78 is 40.0. The fourth-order valence-electron chi connectivity index (χ4n) is 10.6. The van der Waals surface area contributed by atoms with Crippen molar-refractivity contribution in [2.24, 2.45) is 23.7 Å². The normalized spacial score (nSPS) is 23.2. The van der Waals surface area contributed by atoms with E-state index in [1.807, 2.05) is 66.7 Å². The van der Waals surface area contributed by atoms with Gasteiger partial charge in [-0.05, 0) is 96.9 Å². The minimum absolute atomic E-state index is 0.0299. The maximum Gasteiger partial charge on any atom is 0.407 e. The van der Waals surface area contributed by atoms with Crippen LogP contribution in [0.2, 0.25) is 0 Å². The van der Waals surface area contributed by atoms with Crippen molar-refractivity contribution in [3.8, 4) is 11.1 Å². The van der Waals surface area contributed by atoms with E-state index in [1.54, 1.807) is 30.3 Å². The summed E-state index contributed by atoms with van der Waals surface area (Å²) in [6.07, 6.45) is 4.45. The molecule has 0 aromatic heterocycles. The molecule has 11 heteroatoms. The molecule has 0 heterocycles. The van der Waals surface area contributed by atoms with Crippen molar-refractivity contribution in [1.82, 2.24) is 5.32 Å². The molecule has 4 aromatic rings. The van der Waals surface area contributed by atoms with E-state index in [0.717, 1.165) is 66.3 Å². The Balaban J connectivity index is 1.09. The zero-order valence-electron chi connectivity index (χ0n) is 33.5. The van der Waals surface area contributed by atoms with Gasteiger partial charge in [-0.25, -0.2) is 4.79 Å². The van der Waals surface area contributed by atoms with Gasteiger partial charge in [-0.1, -0.05) is 109 Å². The third-order valence-electron chi connectivity index (χ3n) is 12.9. The first kappa shape index (κ1) is 40.7. The average molecular weight is 818 g/mol. The number of rotatable bonds is 17. The second-order valence-corrected chi connectivity index (χ2v) is 19.6. The first-order chi connectivity index (χ1) is 28.6. The van der Waals surface area contributed by atoms with Crippen LogP contribution in [0.4, 0.5) is 4.79 Å². The molecule has 4 aromatic carbocycles. The molecule has 5 aliphatic rings. The molecule has 3 unspecified atom stereocenters. The Bertz CT molecular complexity index is 2130. The van der Waals surface area contributed by atoms with E-state index in [0.29, 0.717) is 23.3 Å². The van der Waals surface area contributed by atoms with E-state index < -0.39 is 49.3 Å². The molecule has 1 N–H and O–H groups in total. The topological polar surface area (TPSA) is 134 Å². The fraction of sp³-hybridized carbons (Fsp3) is 0.417. The summed E-state index contributed by atoms with van der Waals surface area (Å²) in [5.41, 5.74) is 4.79. The summed E-state index contributed by atoms with van der Waals surface area (Å²) in [5.74, 6) is -2.65. The van der Waals surface area contributed by atoms with E-state index in [4.69, 9.17) is 18.7 Å². The smallest absolute Gasteiger partial charge is 0.407 e. The molecule has 0 aliphatic heterocycles. The van der Waals surface area contributed by atoms with Crippen molar-refractivity contribution in [3.63, 3.8) is 0 Å². The summed E-state index contributed by atoms with van der Waals surface area (Å²) in [6, 6.07) is 34.0. The third-order valence-corrected chi connectivity index (χ3v) is 15.8. The molecule has 0 spiro atoms. The average Bonchev–Trinajstić information content (AvgIpc) is 3.56. The third kappa shape index (κ3) is 9.24. The number of ether oxygens (including phenoxy) is 3. The summed E-state index contributed by atoms with van der Waals surface area (Å²) in [4.78, 5) is 54.0. The Kier molecular flexibility index (Phi) is 12.2. The van der Waals surface area contributed by atoms with Gasteiger partial charge in [-0.3, -0.25) is 18.9 Å². The van der Waals surface area contributed by atoms with Gasteiger partial charge in [0.2, 0.25) is 7.37 Å². The highest BCUT2D eigenvalue weighted by molar-refractivity contribution is 7.59. The molecular formula is C48H52NO9P. The predicted molar refractivity (Wildman–Crippen MR) is 223 cm³/mol. The van der Waals surface area contributed by atoms with Crippen LogP contribution >= 0.6 is 7.37 Å². The van der Waals surface area contributed by atoms with Crippen LogP contribution in [-0.2, 0) is 39.3 Å². The number of alkyl carbamates (subject to hydrolysis) is 1. The number of hydrogen-bond acceptors (Lipinski definition) is 9. The highest BCUT2D eigenvalue weighted by atomic mass is 31.2. The lowest BCUT2D eigenvalue weighted by Crippen LogP contribution is -2.52. The van der Waals surface area contributed by atoms with Crippen molar-refractivity contribution in [2.75, 3.05) is 26.5 Å². The monoisotopic (exact) mass is 817 g/mol. The van der Waals surface area contributed by atoms with Crippen LogP contribution in [0.15, 0.2) is 109 Å². The van der Waals surface area contributed by atoms with Crippen LogP contribution in [0.3, 0.4) is 0 Å². The highest BCUT2D eigenvalue weighted by Crippen LogP contribution is 2.65. The minimum atomic E-state index is -4.11. The number of esters is 2. The van der Waals surface area contributed by atoms with Gasteiger partial charge in [-0.2, -0.15) is 0 Å². The lowest BCUT2D eigenvalue weighted by atomic mass is 9.54. The fourth-order valence-corrected chi connectivity index (χ4v) is 13.6. The number of carbonyl (C=O) groups is 4. The van der Waals surface area contributed by atoms with Crippen molar-refractivity contribution >= 4 is 31.2 Å². The Morgan fingerprint density at radius 1 is 0.746 bits per heavy atom. The van der Waals surface area contributed by atoms with Gasteiger partial charge in [0.1, 0.15) is 12.4 Å². The first-order valence-electron chi connectivity index (χ1n) is 20.9. The summed E-state index contributed by atoms with van der Waals surface area (Å²) in [5, 5.41) is 2.91. The van der Waals surface area contributed by atoms with E-state index in [9.17, 15) is 19.2 Å². The maximum atomic E-state index is 16.2. The van der Waals surface area contributed by atoms with Crippen LogP contribution in [0.5, 0.6) is 0 Å². The minimum Gasteiger partial charge on any atom is -0.469 e. The van der Waals surface area contributed by atoms with Crippen molar-refractivity contribution in [3.05, 3.63) is 131 Å². The largest absolute Gasteiger partial charge is 0.469 e. The Hall–Kier alpha value is -5.05. The molecular weight excluding hydrogens is 765 g/mol. The van der Waals surface area contributed by atoms with Gasteiger partial charge in [0.05, 0.1) is 18.6 Å². The summed E-state index contributed by atoms with van der Waals surface area (Å²) >= 11 is 0. The number of methoxy groups -OCH3 is 1. The molecule has 4 fully saturated rings. The van der Waals surface area contributed by atoms with Gasteiger partial charge < -0.3 is 24.1 Å². The summed E-state index contributed by atoms with van der Waals surface area (Å²) in [7, 11) is -2.83. The molecule has 4 bridgehead atoms. The second kappa shape index (κ2) is 17.7. The Morgan fingerprint density at radius 2 is 1.31 bits per heavy atom. The number of benzene rings is 4. The quantitative estimate of drug-likeness (QED) is 0.0479. The Labute approximate surface area is 345 Å². The van der Waals surface area contributed by atoms with Crippen LogP contribution < -0.4 is 5.32 Å². The molecule has 59 heavy (non-hydrogen) atoms. The number of ketones is 1. The van der Waals surface area contributed by atoms with E-state index >= 15 is 4.57 Å². The van der Waals surface area contributed by atoms with E-state index in [1.165, 1.54) is 7.11 Å². The number of carbonyl (C=O) groups excluding carboxylic acids is 4. The molecule has 9 rings (SSSR count). The lowest BCUT2D eigenvalue weighted by molar-refractivity contribution is -0.147. The van der Waals surface area contributed by atoms with E-state index in [2.05, 4.69) is 17.4 Å². The van der Waals surface area contributed by atoms with Crippen molar-refractivity contribution in [1.29, 1.82) is 0 Å². The predicted octanol–water partition coefficient (Wildman–Crippen LogP) is 9.35.